The summed E-state index contributed by atoms with van der Waals surface area (Å²) in [6, 6.07) is 20.1. The fraction of sp³-hybridized carbons (Fsp3) is 0.120. The lowest BCUT2D eigenvalue weighted by molar-refractivity contribution is 0.0735. The molecular weight excluding hydrogens is 447 g/mol. The Morgan fingerprint density at radius 2 is 1.81 bits per heavy atom. The van der Waals surface area contributed by atoms with Crippen LogP contribution in [0.2, 0.25) is 10.0 Å². The summed E-state index contributed by atoms with van der Waals surface area (Å²) in [5, 5.41) is 1.85. The molecule has 0 bridgehead atoms. The summed E-state index contributed by atoms with van der Waals surface area (Å²) in [6.07, 6.45) is 0.906. The van der Waals surface area contributed by atoms with E-state index in [0.717, 1.165) is 41.1 Å². The molecule has 0 N–H and O–H groups in total. The van der Waals surface area contributed by atoms with Gasteiger partial charge in [0.05, 0.1) is 23.2 Å². The van der Waals surface area contributed by atoms with Crippen LogP contribution in [0.15, 0.2) is 66.7 Å². The predicted octanol–water partition coefficient (Wildman–Crippen LogP) is 6.46. The molecule has 1 aliphatic rings. The van der Waals surface area contributed by atoms with Gasteiger partial charge in [-0.15, -0.1) is 0 Å². The number of ether oxygens (including phenoxy) is 2. The maximum Gasteiger partial charge on any atom is 0.343 e. The highest BCUT2D eigenvalue weighted by Crippen LogP contribution is 2.36. The second-order valence-corrected chi connectivity index (χ2v) is 8.29. The second-order valence-electron chi connectivity index (χ2n) is 7.44. The number of benzene rings is 3. The monoisotopic (exact) mass is 464 g/mol. The Hall–Kier alpha value is -3.28. The molecule has 3 aromatic carbocycles. The van der Waals surface area contributed by atoms with Gasteiger partial charge in [0.15, 0.2) is 0 Å². The molecule has 4 aromatic rings. The van der Waals surface area contributed by atoms with E-state index in [1.54, 1.807) is 31.4 Å². The van der Waals surface area contributed by atoms with Crippen molar-refractivity contribution in [2.24, 2.45) is 0 Å². The minimum Gasteiger partial charge on any atom is -0.497 e. The fourth-order valence-corrected chi connectivity index (χ4v) is 4.26. The molecule has 0 amide bonds. The summed E-state index contributed by atoms with van der Waals surface area (Å²) in [7, 11) is 1.65. The van der Waals surface area contributed by atoms with Crippen molar-refractivity contribution in [3.05, 3.63) is 87.9 Å². The second kappa shape index (κ2) is 8.34. The molecule has 1 aliphatic heterocycles. The van der Waals surface area contributed by atoms with Crippen LogP contribution in [0.25, 0.3) is 10.9 Å². The first-order chi connectivity index (χ1) is 15.5. The molecule has 160 valence electrons. The van der Waals surface area contributed by atoms with Crippen molar-refractivity contribution in [1.29, 1.82) is 0 Å². The van der Waals surface area contributed by atoms with Crippen molar-refractivity contribution < 1.29 is 14.3 Å². The SMILES string of the molecule is COc1ccc2cc3c(nc2c1)N(c1ccc(C(=O)Oc2ccc(Cl)cc2Cl)cc1)CC3. The molecule has 7 heteroatoms. The summed E-state index contributed by atoms with van der Waals surface area (Å²) in [5.74, 6) is 1.48. The zero-order chi connectivity index (χ0) is 22.2. The van der Waals surface area contributed by atoms with E-state index < -0.39 is 5.97 Å². The highest BCUT2D eigenvalue weighted by molar-refractivity contribution is 6.35. The number of pyridine rings is 1. The van der Waals surface area contributed by atoms with Gasteiger partial charge in [0.2, 0.25) is 0 Å². The molecule has 32 heavy (non-hydrogen) atoms. The number of nitrogens with zero attached hydrogens (tertiary/aromatic N) is 2. The van der Waals surface area contributed by atoms with Crippen LogP contribution in [-0.2, 0) is 6.42 Å². The van der Waals surface area contributed by atoms with E-state index in [-0.39, 0.29) is 10.8 Å². The van der Waals surface area contributed by atoms with Crippen LogP contribution in [0.3, 0.4) is 0 Å². The Bertz CT molecular complexity index is 1340. The number of anilines is 2. The number of esters is 1. The van der Waals surface area contributed by atoms with Crippen molar-refractivity contribution in [3.8, 4) is 11.5 Å². The van der Waals surface area contributed by atoms with E-state index >= 15 is 0 Å². The molecular formula is C25H18Cl2N2O3. The molecule has 0 saturated heterocycles. The maximum atomic E-state index is 12.5. The number of carbonyl (C=O) groups is 1. The van der Waals surface area contributed by atoms with Gasteiger partial charge in [-0.05, 0) is 72.6 Å². The Morgan fingerprint density at radius 3 is 2.56 bits per heavy atom. The van der Waals surface area contributed by atoms with Gasteiger partial charge in [0.25, 0.3) is 0 Å². The number of methoxy groups -OCH3 is 1. The van der Waals surface area contributed by atoms with Crippen LogP contribution in [-0.4, -0.2) is 24.6 Å². The van der Waals surface area contributed by atoms with Crippen LogP contribution in [0.4, 0.5) is 11.5 Å². The molecule has 1 aromatic heterocycles. The number of hydrogen-bond acceptors (Lipinski definition) is 5. The Kier molecular flexibility index (Phi) is 5.37. The van der Waals surface area contributed by atoms with E-state index in [1.165, 1.54) is 11.6 Å². The zero-order valence-electron chi connectivity index (χ0n) is 17.1. The van der Waals surface area contributed by atoms with E-state index in [2.05, 4.69) is 11.0 Å². The van der Waals surface area contributed by atoms with Gasteiger partial charge >= 0.3 is 5.97 Å². The Labute approximate surface area is 195 Å². The lowest BCUT2D eigenvalue weighted by atomic mass is 10.1. The number of hydrogen-bond donors (Lipinski definition) is 0. The van der Waals surface area contributed by atoms with Crippen LogP contribution in [0, 0.1) is 0 Å². The third kappa shape index (κ3) is 3.85. The number of carbonyl (C=O) groups excluding carboxylic acids is 1. The van der Waals surface area contributed by atoms with Gasteiger partial charge in [0, 0.05) is 28.7 Å². The number of halogens is 2. The highest BCUT2D eigenvalue weighted by atomic mass is 35.5. The first-order valence-electron chi connectivity index (χ1n) is 10.0. The molecule has 0 fully saturated rings. The number of fused-ring (bicyclic) bond motifs is 2. The third-order valence-electron chi connectivity index (χ3n) is 5.45. The normalized spacial score (nSPS) is 12.7. The predicted molar refractivity (Wildman–Crippen MR) is 127 cm³/mol. The molecule has 5 nitrogen and oxygen atoms in total. The first kappa shape index (κ1) is 20.6. The van der Waals surface area contributed by atoms with Crippen LogP contribution < -0.4 is 14.4 Å². The summed E-state index contributed by atoms with van der Waals surface area (Å²) in [6.45, 7) is 0.819. The first-order valence-corrected chi connectivity index (χ1v) is 10.8. The quantitative estimate of drug-likeness (QED) is 0.256. The molecule has 0 radical (unpaired) electrons. The van der Waals surface area contributed by atoms with Gasteiger partial charge < -0.3 is 14.4 Å². The Morgan fingerprint density at radius 1 is 1.00 bits per heavy atom. The van der Waals surface area contributed by atoms with Gasteiger partial charge in [-0.25, -0.2) is 9.78 Å². The van der Waals surface area contributed by atoms with E-state index in [4.69, 9.17) is 37.7 Å². The lowest BCUT2D eigenvalue weighted by Crippen LogP contribution is -2.15. The van der Waals surface area contributed by atoms with Crippen molar-refractivity contribution in [1.82, 2.24) is 4.98 Å². The minimum absolute atomic E-state index is 0.269. The Balaban J connectivity index is 1.39. The molecule has 5 rings (SSSR count). The topological polar surface area (TPSA) is 51.7 Å². The van der Waals surface area contributed by atoms with E-state index in [1.807, 2.05) is 30.3 Å². The van der Waals surface area contributed by atoms with E-state index in [9.17, 15) is 4.79 Å². The molecule has 0 atom stereocenters. The summed E-state index contributed by atoms with van der Waals surface area (Å²) < 4.78 is 10.7. The molecule has 2 heterocycles. The number of aromatic nitrogens is 1. The maximum absolute atomic E-state index is 12.5. The van der Waals surface area contributed by atoms with Crippen molar-refractivity contribution in [2.45, 2.75) is 6.42 Å². The average Bonchev–Trinajstić information content (AvgIpc) is 3.21. The lowest BCUT2D eigenvalue weighted by Gasteiger charge is -2.19. The van der Waals surface area contributed by atoms with E-state index in [0.29, 0.717) is 10.6 Å². The fourth-order valence-electron chi connectivity index (χ4n) is 3.81. The van der Waals surface area contributed by atoms with Gasteiger partial charge in [-0.2, -0.15) is 0 Å². The molecule has 0 spiro atoms. The van der Waals surface area contributed by atoms with Crippen LogP contribution in [0.5, 0.6) is 11.5 Å². The summed E-state index contributed by atoms with van der Waals surface area (Å²) in [5.41, 5.74) is 3.47. The minimum atomic E-state index is -0.487. The van der Waals surface area contributed by atoms with Crippen molar-refractivity contribution >= 4 is 51.6 Å². The summed E-state index contributed by atoms with van der Waals surface area (Å²) >= 11 is 12.0. The highest BCUT2D eigenvalue weighted by Gasteiger charge is 2.23. The third-order valence-corrected chi connectivity index (χ3v) is 5.98. The van der Waals surface area contributed by atoms with Gasteiger partial charge in [0.1, 0.15) is 17.3 Å². The summed E-state index contributed by atoms with van der Waals surface area (Å²) in [4.78, 5) is 19.6. The number of rotatable bonds is 4. The smallest absolute Gasteiger partial charge is 0.343 e. The van der Waals surface area contributed by atoms with Gasteiger partial charge in [-0.1, -0.05) is 23.2 Å². The standard InChI is InChI=1S/C25H18Cl2N2O3/c1-31-20-8-4-16-12-17-10-11-29(24(17)28-22(16)14-20)19-6-2-15(3-7-19)25(30)32-23-9-5-18(26)13-21(23)27/h2-9,12-14H,10-11H2,1H3. The molecule has 0 unspecified atom stereocenters. The average molecular weight is 465 g/mol. The van der Waals surface area contributed by atoms with Crippen molar-refractivity contribution in [3.63, 3.8) is 0 Å². The van der Waals surface area contributed by atoms with Crippen LogP contribution in [0.1, 0.15) is 15.9 Å². The van der Waals surface area contributed by atoms with Gasteiger partial charge in [-0.3, -0.25) is 0 Å². The largest absolute Gasteiger partial charge is 0.497 e. The van der Waals surface area contributed by atoms with Crippen molar-refractivity contribution in [2.75, 3.05) is 18.6 Å². The molecule has 0 aliphatic carbocycles. The van der Waals surface area contributed by atoms with Crippen LogP contribution >= 0.6 is 23.2 Å². The zero-order valence-corrected chi connectivity index (χ0v) is 18.7. The molecule has 0 saturated carbocycles.